The summed E-state index contributed by atoms with van der Waals surface area (Å²) in [4.78, 5) is 21.2. The molecule has 5 rings (SSSR count). The van der Waals surface area contributed by atoms with Gasteiger partial charge in [-0.15, -0.1) is 0 Å². The van der Waals surface area contributed by atoms with Crippen molar-refractivity contribution in [3.63, 3.8) is 0 Å². The molecule has 1 aliphatic carbocycles. The smallest absolute Gasteiger partial charge is 0.267 e. The number of benzene rings is 3. The van der Waals surface area contributed by atoms with E-state index in [1.807, 2.05) is 72.5 Å². The van der Waals surface area contributed by atoms with E-state index in [-0.39, 0.29) is 24.4 Å². The first-order chi connectivity index (χ1) is 19.0. The maximum absolute atomic E-state index is 13.8. The fraction of sp³-hybridized carbons (Fsp3) is 0.312. The van der Waals surface area contributed by atoms with Crippen LogP contribution in [0.5, 0.6) is 11.5 Å². The molecule has 0 aromatic heterocycles. The first-order valence-electron chi connectivity index (χ1n) is 13.5. The molecule has 39 heavy (non-hydrogen) atoms. The number of para-hydroxylation sites is 1. The van der Waals surface area contributed by atoms with Crippen molar-refractivity contribution in [2.75, 3.05) is 6.61 Å². The number of ether oxygens (including phenoxy) is 2. The van der Waals surface area contributed by atoms with Gasteiger partial charge in [0.05, 0.1) is 17.2 Å². The zero-order chi connectivity index (χ0) is 27.2. The minimum atomic E-state index is -0.298. The Morgan fingerprint density at radius 3 is 2.59 bits per heavy atom. The minimum absolute atomic E-state index is 0.00202. The number of carbonyl (C=O) groups is 1. The van der Waals surface area contributed by atoms with Crippen molar-refractivity contribution < 1.29 is 18.7 Å². The molecule has 1 saturated heterocycles. The number of nitrogens with zero attached hydrogens (tertiary/aromatic N) is 2. The van der Waals surface area contributed by atoms with E-state index in [1.165, 1.54) is 30.3 Å². The molecule has 2 fully saturated rings. The SMILES string of the molecule is CCOc1cc(/C=C2\SC(=Nc3ccccc3)N([C@H]3CCCC[C@@H]3C)C2=O)ccc1OCc1cccc(F)c1. The molecule has 0 spiro atoms. The zero-order valence-electron chi connectivity index (χ0n) is 22.3. The number of halogens is 1. The molecule has 0 N–H and O–H groups in total. The van der Waals surface area contributed by atoms with Crippen molar-refractivity contribution in [1.82, 2.24) is 4.90 Å². The van der Waals surface area contributed by atoms with Gasteiger partial charge in [-0.2, -0.15) is 0 Å². The molecule has 2 atom stereocenters. The van der Waals surface area contributed by atoms with Crippen molar-refractivity contribution in [3.8, 4) is 11.5 Å². The van der Waals surface area contributed by atoms with E-state index in [0.717, 1.165) is 41.2 Å². The fourth-order valence-electron chi connectivity index (χ4n) is 5.09. The predicted molar refractivity (Wildman–Crippen MR) is 156 cm³/mol. The van der Waals surface area contributed by atoms with Crippen LogP contribution in [0.15, 0.2) is 82.7 Å². The van der Waals surface area contributed by atoms with E-state index in [1.54, 1.807) is 6.07 Å². The van der Waals surface area contributed by atoms with Crippen molar-refractivity contribution in [2.24, 2.45) is 10.9 Å². The highest BCUT2D eigenvalue weighted by molar-refractivity contribution is 8.18. The maximum atomic E-state index is 13.8. The van der Waals surface area contributed by atoms with E-state index >= 15 is 0 Å². The zero-order valence-corrected chi connectivity index (χ0v) is 23.1. The number of aliphatic imine (C=N–C) groups is 1. The Morgan fingerprint density at radius 2 is 1.82 bits per heavy atom. The highest BCUT2D eigenvalue weighted by Gasteiger charge is 2.41. The molecule has 2 aliphatic rings. The lowest BCUT2D eigenvalue weighted by Gasteiger charge is -2.35. The first-order valence-corrected chi connectivity index (χ1v) is 14.3. The third-order valence-corrected chi connectivity index (χ3v) is 8.05. The van der Waals surface area contributed by atoms with Crippen LogP contribution in [0.1, 0.15) is 50.7 Å². The minimum Gasteiger partial charge on any atom is -0.490 e. The number of amidine groups is 1. The summed E-state index contributed by atoms with van der Waals surface area (Å²) in [5, 5.41) is 0.733. The van der Waals surface area contributed by atoms with Crippen LogP contribution in [-0.4, -0.2) is 28.6 Å². The maximum Gasteiger partial charge on any atom is 0.267 e. The van der Waals surface area contributed by atoms with Gasteiger partial charge in [-0.05, 0) is 91.0 Å². The standard InChI is InChI=1S/C32H33FN2O3S/c1-3-37-29-19-23(16-17-28(29)38-21-24-11-9-12-25(33)18-24)20-30-31(36)35(27-15-8-7-10-22(27)2)32(39-30)34-26-13-5-4-6-14-26/h4-6,9,11-14,16-20,22,27H,3,7-8,10,15,21H2,1-2H3/b30-20-,34-32?/t22-,27-/m0/s1. The second-order valence-electron chi connectivity index (χ2n) is 9.90. The van der Waals surface area contributed by atoms with Gasteiger partial charge in [-0.1, -0.05) is 56.2 Å². The molecule has 7 heteroatoms. The highest BCUT2D eigenvalue weighted by atomic mass is 32.2. The molecule has 3 aromatic rings. The number of rotatable bonds is 8. The second kappa shape index (κ2) is 12.5. The summed E-state index contributed by atoms with van der Waals surface area (Å²) < 4.78 is 25.4. The normalized spacial score (nSPS) is 21.5. The Bertz CT molecular complexity index is 1370. The van der Waals surface area contributed by atoms with E-state index in [4.69, 9.17) is 14.5 Å². The van der Waals surface area contributed by atoms with E-state index in [2.05, 4.69) is 6.92 Å². The Labute approximate surface area is 233 Å². The van der Waals surface area contributed by atoms with Gasteiger partial charge in [0.15, 0.2) is 16.7 Å². The van der Waals surface area contributed by atoms with Gasteiger partial charge in [-0.25, -0.2) is 9.38 Å². The number of amides is 1. The van der Waals surface area contributed by atoms with Crippen LogP contribution in [0.4, 0.5) is 10.1 Å². The van der Waals surface area contributed by atoms with Gasteiger partial charge >= 0.3 is 0 Å². The third kappa shape index (κ3) is 6.53. The van der Waals surface area contributed by atoms with E-state index < -0.39 is 0 Å². The molecule has 202 valence electrons. The number of carbonyl (C=O) groups excluding carboxylic acids is 1. The summed E-state index contributed by atoms with van der Waals surface area (Å²) in [6.45, 7) is 4.83. The summed E-state index contributed by atoms with van der Waals surface area (Å²) in [7, 11) is 0. The number of thioether (sulfide) groups is 1. The van der Waals surface area contributed by atoms with Crippen molar-refractivity contribution in [1.29, 1.82) is 0 Å². The molecule has 0 bridgehead atoms. The fourth-order valence-corrected chi connectivity index (χ4v) is 6.14. The summed E-state index contributed by atoms with van der Waals surface area (Å²) in [6.07, 6.45) is 6.33. The topological polar surface area (TPSA) is 51.1 Å². The van der Waals surface area contributed by atoms with Gasteiger partial charge in [-0.3, -0.25) is 9.69 Å². The molecule has 5 nitrogen and oxygen atoms in total. The Hall–Kier alpha value is -3.58. The van der Waals surface area contributed by atoms with Crippen LogP contribution in [0.2, 0.25) is 0 Å². The average molecular weight is 545 g/mol. The Balaban J connectivity index is 1.42. The monoisotopic (exact) mass is 544 g/mol. The molecular weight excluding hydrogens is 511 g/mol. The number of hydrogen-bond donors (Lipinski definition) is 0. The van der Waals surface area contributed by atoms with Crippen LogP contribution < -0.4 is 9.47 Å². The van der Waals surface area contributed by atoms with Gasteiger partial charge in [0, 0.05) is 6.04 Å². The molecule has 0 radical (unpaired) electrons. The predicted octanol–water partition coefficient (Wildman–Crippen LogP) is 7.99. The summed E-state index contributed by atoms with van der Waals surface area (Å²) in [5.74, 6) is 1.27. The van der Waals surface area contributed by atoms with Gasteiger partial charge in [0.2, 0.25) is 0 Å². The Morgan fingerprint density at radius 1 is 1.00 bits per heavy atom. The lowest BCUT2D eigenvalue weighted by atomic mass is 9.85. The van der Waals surface area contributed by atoms with E-state index in [0.29, 0.717) is 28.9 Å². The molecule has 1 amide bonds. The molecule has 0 unspecified atom stereocenters. The summed E-state index contributed by atoms with van der Waals surface area (Å²) >= 11 is 1.42. The average Bonchev–Trinajstić information content (AvgIpc) is 3.23. The van der Waals surface area contributed by atoms with Crippen LogP contribution >= 0.6 is 11.8 Å². The molecule has 1 aliphatic heterocycles. The third-order valence-electron chi connectivity index (χ3n) is 7.06. The summed E-state index contributed by atoms with van der Waals surface area (Å²) in [5.41, 5.74) is 2.41. The van der Waals surface area contributed by atoms with Crippen LogP contribution in [0.3, 0.4) is 0 Å². The Kier molecular flexibility index (Phi) is 8.67. The number of hydrogen-bond acceptors (Lipinski definition) is 5. The molecular formula is C32H33FN2O3S. The van der Waals surface area contributed by atoms with Crippen molar-refractivity contribution in [2.45, 2.75) is 52.2 Å². The first kappa shape index (κ1) is 27.0. The van der Waals surface area contributed by atoms with Gasteiger partial charge in [0.1, 0.15) is 12.4 Å². The molecule has 3 aromatic carbocycles. The van der Waals surface area contributed by atoms with Crippen LogP contribution in [0.25, 0.3) is 6.08 Å². The van der Waals surface area contributed by atoms with Crippen molar-refractivity contribution in [3.05, 3.63) is 94.6 Å². The van der Waals surface area contributed by atoms with E-state index in [9.17, 15) is 9.18 Å². The van der Waals surface area contributed by atoms with Gasteiger partial charge in [0.25, 0.3) is 5.91 Å². The largest absolute Gasteiger partial charge is 0.490 e. The lowest BCUT2D eigenvalue weighted by Crippen LogP contribution is -2.44. The molecule has 1 heterocycles. The van der Waals surface area contributed by atoms with Crippen LogP contribution in [-0.2, 0) is 11.4 Å². The summed E-state index contributed by atoms with van der Waals surface area (Å²) in [6, 6.07) is 21.9. The lowest BCUT2D eigenvalue weighted by molar-refractivity contribution is -0.124. The molecule has 1 saturated carbocycles. The van der Waals surface area contributed by atoms with Gasteiger partial charge < -0.3 is 9.47 Å². The van der Waals surface area contributed by atoms with Crippen LogP contribution in [0, 0.1) is 11.7 Å². The van der Waals surface area contributed by atoms with Crippen molar-refractivity contribution >= 4 is 34.6 Å². The second-order valence-corrected chi connectivity index (χ2v) is 10.9. The highest BCUT2D eigenvalue weighted by Crippen LogP contribution is 2.40. The quantitative estimate of drug-likeness (QED) is 0.270.